The van der Waals surface area contributed by atoms with Crippen molar-refractivity contribution in [1.29, 1.82) is 0 Å². The Bertz CT molecular complexity index is 162. The van der Waals surface area contributed by atoms with E-state index in [-0.39, 0.29) is 0 Å². The lowest BCUT2D eigenvalue weighted by Gasteiger charge is -2.43. The van der Waals surface area contributed by atoms with Crippen molar-refractivity contribution in [3.8, 4) is 0 Å². The van der Waals surface area contributed by atoms with Crippen molar-refractivity contribution in [3.63, 3.8) is 0 Å². The van der Waals surface area contributed by atoms with Crippen LogP contribution in [-0.2, 0) is 0 Å². The number of rotatable bonds is 5. The second kappa shape index (κ2) is 5.13. The predicted molar refractivity (Wildman–Crippen MR) is 62.2 cm³/mol. The third kappa shape index (κ3) is 2.48. The molecule has 0 spiro atoms. The Labute approximate surface area is 88.8 Å². The number of nitrogens with zero attached hydrogens (tertiary/aromatic N) is 1. The van der Waals surface area contributed by atoms with Crippen LogP contribution in [0.5, 0.6) is 0 Å². The molecule has 14 heavy (non-hydrogen) atoms. The fourth-order valence-corrected chi connectivity index (χ4v) is 2.74. The van der Waals surface area contributed by atoms with Crippen LogP contribution in [0.3, 0.4) is 0 Å². The molecule has 2 heteroatoms. The number of hydrogen-bond acceptors (Lipinski definition) is 2. The minimum Gasteiger partial charge on any atom is -0.330 e. The minimum atomic E-state index is 0.662. The van der Waals surface area contributed by atoms with Crippen molar-refractivity contribution in [1.82, 2.24) is 4.90 Å². The predicted octanol–water partition coefficient (Wildman–Crippen LogP) is 1.95. The molecule has 0 aromatic heterocycles. The van der Waals surface area contributed by atoms with Gasteiger partial charge in [-0.2, -0.15) is 0 Å². The molecule has 1 aliphatic rings. The molecule has 1 fully saturated rings. The fourth-order valence-electron chi connectivity index (χ4n) is 2.74. The zero-order chi connectivity index (χ0) is 10.7. The van der Waals surface area contributed by atoms with Crippen LogP contribution in [0.25, 0.3) is 0 Å². The van der Waals surface area contributed by atoms with Crippen LogP contribution >= 0.6 is 0 Å². The van der Waals surface area contributed by atoms with Crippen LogP contribution in [0.1, 0.15) is 33.1 Å². The van der Waals surface area contributed by atoms with Gasteiger partial charge >= 0.3 is 0 Å². The molecular weight excluding hydrogens is 172 g/mol. The van der Waals surface area contributed by atoms with Crippen LogP contribution < -0.4 is 5.73 Å². The van der Waals surface area contributed by atoms with E-state index in [0.717, 1.165) is 12.5 Å². The summed E-state index contributed by atoms with van der Waals surface area (Å²) in [4.78, 5) is 2.39. The molecule has 2 N–H and O–H groups in total. The van der Waals surface area contributed by atoms with Crippen LogP contribution in [0.2, 0.25) is 0 Å². The van der Waals surface area contributed by atoms with Gasteiger partial charge in [0.15, 0.2) is 0 Å². The smallest absolute Gasteiger partial charge is 0.0160 e. The van der Waals surface area contributed by atoms with E-state index in [1.165, 1.54) is 19.3 Å². The van der Waals surface area contributed by atoms with Gasteiger partial charge in [-0.15, -0.1) is 0 Å². The van der Waals surface area contributed by atoms with E-state index in [4.69, 9.17) is 5.73 Å². The van der Waals surface area contributed by atoms with Gasteiger partial charge in [-0.3, -0.25) is 0 Å². The maximum Gasteiger partial charge on any atom is 0.0160 e. The summed E-state index contributed by atoms with van der Waals surface area (Å²) in [5.41, 5.74) is 5.90. The molecule has 0 heterocycles. The number of hydrogen-bond donors (Lipinski definition) is 1. The first-order valence-corrected chi connectivity index (χ1v) is 5.94. The highest BCUT2D eigenvalue weighted by molar-refractivity contribution is 4.89. The van der Waals surface area contributed by atoms with Gasteiger partial charge in [0.05, 0.1) is 0 Å². The van der Waals surface area contributed by atoms with E-state index in [0.29, 0.717) is 17.9 Å². The summed E-state index contributed by atoms with van der Waals surface area (Å²) < 4.78 is 0. The fraction of sp³-hybridized carbons (Fsp3) is 1.00. The van der Waals surface area contributed by atoms with Crippen molar-refractivity contribution in [2.45, 2.75) is 39.2 Å². The topological polar surface area (TPSA) is 29.3 Å². The third-order valence-electron chi connectivity index (χ3n) is 3.80. The van der Waals surface area contributed by atoms with Gasteiger partial charge in [0.2, 0.25) is 0 Å². The average Bonchev–Trinajstić information content (AvgIpc) is 1.99. The van der Waals surface area contributed by atoms with Gasteiger partial charge in [0.25, 0.3) is 0 Å². The Morgan fingerprint density at radius 3 is 2.07 bits per heavy atom. The highest BCUT2D eigenvalue weighted by atomic mass is 15.1. The Balaban J connectivity index is 2.63. The molecule has 0 aliphatic heterocycles. The van der Waals surface area contributed by atoms with E-state index in [9.17, 15) is 0 Å². The molecule has 2 atom stereocenters. The molecule has 2 unspecified atom stereocenters. The summed E-state index contributed by atoms with van der Waals surface area (Å²) in [6, 6.07) is 0.703. The van der Waals surface area contributed by atoms with Gasteiger partial charge in [-0.25, -0.2) is 0 Å². The van der Waals surface area contributed by atoms with Crippen molar-refractivity contribution < 1.29 is 0 Å². The zero-order valence-corrected chi connectivity index (χ0v) is 10.2. The van der Waals surface area contributed by atoms with E-state index in [2.05, 4.69) is 32.8 Å². The van der Waals surface area contributed by atoms with Crippen LogP contribution in [0.15, 0.2) is 0 Å². The molecule has 0 aromatic carbocycles. The largest absolute Gasteiger partial charge is 0.330 e. The maximum absolute atomic E-state index is 5.90. The standard InChI is InChI=1S/C12H26N2/c1-9(2)11(8-13)12(14(3)4)10-6-5-7-10/h9-12H,5-8,13H2,1-4H3. The molecule has 84 valence electrons. The minimum absolute atomic E-state index is 0.662. The Morgan fingerprint density at radius 1 is 1.29 bits per heavy atom. The lowest BCUT2D eigenvalue weighted by atomic mass is 9.71. The molecule has 1 rings (SSSR count). The molecular formula is C12H26N2. The van der Waals surface area contributed by atoms with Crippen LogP contribution in [-0.4, -0.2) is 31.6 Å². The average molecular weight is 198 g/mol. The third-order valence-corrected chi connectivity index (χ3v) is 3.80. The first-order chi connectivity index (χ1) is 6.57. The highest BCUT2D eigenvalue weighted by Gasteiger charge is 2.35. The molecule has 2 nitrogen and oxygen atoms in total. The number of nitrogens with two attached hydrogens (primary N) is 1. The lowest BCUT2D eigenvalue weighted by molar-refractivity contribution is 0.0717. The van der Waals surface area contributed by atoms with Crippen molar-refractivity contribution in [3.05, 3.63) is 0 Å². The normalized spacial score (nSPS) is 22.5. The lowest BCUT2D eigenvalue weighted by Crippen LogP contribution is -2.48. The van der Waals surface area contributed by atoms with Crippen molar-refractivity contribution >= 4 is 0 Å². The molecule has 0 radical (unpaired) electrons. The second-order valence-electron chi connectivity index (χ2n) is 5.29. The summed E-state index contributed by atoms with van der Waals surface area (Å²) in [7, 11) is 4.40. The van der Waals surface area contributed by atoms with Gasteiger partial charge < -0.3 is 10.6 Å². The van der Waals surface area contributed by atoms with E-state index in [1.54, 1.807) is 0 Å². The summed E-state index contributed by atoms with van der Waals surface area (Å²) in [6.07, 6.45) is 4.24. The Hall–Kier alpha value is -0.0800. The van der Waals surface area contributed by atoms with Gasteiger partial charge in [-0.05, 0) is 51.2 Å². The molecule has 1 aliphatic carbocycles. The van der Waals surface area contributed by atoms with Gasteiger partial charge in [0.1, 0.15) is 0 Å². The molecule has 0 bridgehead atoms. The van der Waals surface area contributed by atoms with Crippen LogP contribution in [0, 0.1) is 17.8 Å². The van der Waals surface area contributed by atoms with E-state index in [1.807, 2.05) is 0 Å². The summed E-state index contributed by atoms with van der Waals surface area (Å²) >= 11 is 0. The SMILES string of the molecule is CC(C)C(CN)C(C1CCC1)N(C)C. The van der Waals surface area contributed by atoms with Crippen LogP contribution in [0.4, 0.5) is 0 Å². The Kier molecular flexibility index (Phi) is 4.39. The van der Waals surface area contributed by atoms with E-state index >= 15 is 0 Å². The molecule has 0 aromatic rings. The highest BCUT2D eigenvalue weighted by Crippen LogP contribution is 2.36. The first-order valence-electron chi connectivity index (χ1n) is 5.94. The Morgan fingerprint density at radius 2 is 1.86 bits per heavy atom. The summed E-state index contributed by atoms with van der Waals surface area (Å²) in [5, 5.41) is 0. The van der Waals surface area contributed by atoms with Crippen molar-refractivity contribution in [2.24, 2.45) is 23.5 Å². The van der Waals surface area contributed by atoms with E-state index < -0.39 is 0 Å². The maximum atomic E-state index is 5.90. The summed E-state index contributed by atoms with van der Waals surface area (Å²) in [5.74, 6) is 2.27. The molecule has 0 saturated heterocycles. The molecule has 1 saturated carbocycles. The first kappa shape index (κ1) is 12.0. The van der Waals surface area contributed by atoms with Gasteiger partial charge in [-0.1, -0.05) is 20.3 Å². The second-order valence-corrected chi connectivity index (χ2v) is 5.29. The monoisotopic (exact) mass is 198 g/mol. The summed E-state index contributed by atoms with van der Waals surface area (Å²) in [6.45, 7) is 5.43. The van der Waals surface area contributed by atoms with Crippen molar-refractivity contribution in [2.75, 3.05) is 20.6 Å². The molecule has 0 amide bonds. The zero-order valence-electron chi connectivity index (χ0n) is 10.2. The quantitative estimate of drug-likeness (QED) is 0.731. The van der Waals surface area contributed by atoms with Gasteiger partial charge in [0, 0.05) is 6.04 Å².